The molecule has 0 bridgehead atoms. The normalized spacial score (nSPS) is 12.0. The van der Waals surface area contributed by atoms with Crippen molar-refractivity contribution in [3.8, 4) is 11.3 Å². The Morgan fingerprint density at radius 3 is 2.59 bits per heavy atom. The van der Waals surface area contributed by atoms with Crippen LogP contribution in [-0.2, 0) is 10.0 Å². The minimum atomic E-state index is -3.58. The average molecular weight is 495 g/mol. The summed E-state index contributed by atoms with van der Waals surface area (Å²) in [5.74, 6) is -0.471. The average Bonchev–Trinajstić information content (AvgIpc) is 3.25. The summed E-state index contributed by atoms with van der Waals surface area (Å²) in [6, 6.07) is 11.2. The van der Waals surface area contributed by atoms with E-state index in [9.17, 15) is 12.8 Å². The number of halogens is 2. The number of benzene rings is 2. The second-order valence-electron chi connectivity index (χ2n) is 6.98. The van der Waals surface area contributed by atoms with E-state index < -0.39 is 15.8 Å². The number of thiazole rings is 1. The van der Waals surface area contributed by atoms with Crippen molar-refractivity contribution in [2.24, 2.45) is 5.10 Å². The first kappa shape index (κ1) is 24.3. The lowest BCUT2D eigenvalue weighted by atomic mass is 10.2. The third-order valence-electron chi connectivity index (χ3n) is 4.57. The van der Waals surface area contributed by atoms with Gasteiger partial charge in [0.05, 0.1) is 21.8 Å². The fourth-order valence-corrected chi connectivity index (χ4v) is 5.61. The van der Waals surface area contributed by atoms with Crippen LogP contribution in [0.4, 0.5) is 9.52 Å². The molecule has 2 aromatic carbocycles. The summed E-state index contributed by atoms with van der Waals surface area (Å²) in [5, 5.41) is 6.55. The number of nitrogens with one attached hydrogen (secondary N) is 1. The molecule has 6 nitrogen and oxygen atoms in total. The molecule has 0 unspecified atom stereocenters. The summed E-state index contributed by atoms with van der Waals surface area (Å²) in [6.45, 7) is 4.88. The van der Waals surface area contributed by atoms with E-state index in [1.54, 1.807) is 29.6 Å². The second-order valence-corrected chi connectivity index (χ2v) is 10.2. The Bertz CT molecular complexity index is 1170. The summed E-state index contributed by atoms with van der Waals surface area (Å²) in [7, 11) is -3.58. The lowest BCUT2D eigenvalue weighted by molar-refractivity contribution is 0.410. The largest absolute Gasteiger partial charge is 0.253 e. The van der Waals surface area contributed by atoms with Gasteiger partial charge in [0.25, 0.3) is 0 Å². The highest BCUT2D eigenvalue weighted by Crippen LogP contribution is 2.28. The Kier molecular flexibility index (Phi) is 8.36. The molecule has 3 rings (SSSR count). The van der Waals surface area contributed by atoms with Crippen LogP contribution in [0.5, 0.6) is 0 Å². The topological polar surface area (TPSA) is 74.7 Å². The van der Waals surface area contributed by atoms with Gasteiger partial charge in [-0.25, -0.2) is 17.8 Å². The van der Waals surface area contributed by atoms with Crippen LogP contribution in [0.15, 0.2) is 57.8 Å². The minimum absolute atomic E-state index is 0.181. The molecule has 1 N–H and O–H groups in total. The van der Waals surface area contributed by atoms with Crippen LogP contribution in [0.2, 0.25) is 5.02 Å². The Labute approximate surface area is 196 Å². The molecular weight excluding hydrogens is 471 g/mol. The smallest absolute Gasteiger partial charge is 0.243 e. The molecule has 0 fully saturated rings. The highest BCUT2D eigenvalue weighted by molar-refractivity contribution is 7.89. The fraction of sp³-hybridized carbons (Fsp3) is 0.273. The second kappa shape index (κ2) is 11.0. The number of nitrogens with zero attached hydrogens (tertiary/aromatic N) is 3. The van der Waals surface area contributed by atoms with Crippen molar-refractivity contribution in [1.29, 1.82) is 0 Å². The van der Waals surface area contributed by atoms with Gasteiger partial charge in [-0.3, -0.25) is 5.43 Å². The molecule has 10 heteroatoms. The summed E-state index contributed by atoms with van der Waals surface area (Å²) in [5.41, 5.74) is 4.24. The first-order valence-corrected chi connectivity index (χ1v) is 12.9. The molecule has 3 aromatic rings. The lowest BCUT2D eigenvalue weighted by Crippen LogP contribution is -2.32. The van der Waals surface area contributed by atoms with E-state index in [-0.39, 0.29) is 15.5 Å². The van der Waals surface area contributed by atoms with Crippen LogP contribution in [0.3, 0.4) is 0 Å². The number of hydrazone groups is 1. The number of hydrogen-bond donors (Lipinski definition) is 1. The molecule has 0 radical (unpaired) electrons. The molecule has 0 saturated carbocycles. The predicted molar refractivity (Wildman–Crippen MR) is 130 cm³/mol. The number of rotatable bonds is 10. The van der Waals surface area contributed by atoms with Gasteiger partial charge in [0.2, 0.25) is 15.2 Å². The maximum atomic E-state index is 13.8. The molecule has 0 aliphatic rings. The first-order chi connectivity index (χ1) is 15.4. The molecule has 0 spiro atoms. The van der Waals surface area contributed by atoms with Crippen LogP contribution in [0.1, 0.15) is 32.3 Å². The van der Waals surface area contributed by atoms with Gasteiger partial charge in [-0.15, -0.1) is 11.3 Å². The highest BCUT2D eigenvalue weighted by Gasteiger charge is 2.23. The van der Waals surface area contributed by atoms with Gasteiger partial charge in [0.15, 0.2) is 0 Å². The molecule has 1 aromatic heterocycles. The Morgan fingerprint density at radius 1 is 1.19 bits per heavy atom. The number of hydrogen-bond acceptors (Lipinski definition) is 6. The van der Waals surface area contributed by atoms with E-state index in [0.717, 1.165) is 12.8 Å². The molecular formula is C22H24ClFN4O2S2. The van der Waals surface area contributed by atoms with Crippen LogP contribution in [0, 0.1) is 5.82 Å². The Hall–Kier alpha value is -2.33. The van der Waals surface area contributed by atoms with Crippen molar-refractivity contribution in [3.63, 3.8) is 0 Å². The third kappa shape index (κ3) is 5.72. The number of sulfonamides is 1. The number of anilines is 1. The van der Waals surface area contributed by atoms with Crippen LogP contribution >= 0.6 is 22.9 Å². The summed E-state index contributed by atoms with van der Waals surface area (Å²) < 4.78 is 41.5. The molecule has 0 atom stereocenters. The van der Waals surface area contributed by atoms with Crippen molar-refractivity contribution in [2.75, 3.05) is 18.5 Å². The summed E-state index contributed by atoms with van der Waals surface area (Å²) in [6.07, 6.45) is 2.79. The van der Waals surface area contributed by atoms with E-state index in [2.05, 4.69) is 15.5 Å². The molecule has 0 saturated heterocycles. The van der Waals surface area contributed by atoms with Crippen molar-refractivity contribution in [2.45, 2.75) is 31.6 Å². The van der Waals surface area contributed by atoms with Gasteiger partial charge in [-0.2, -0.15) is 9.41 Å². The van der Waals surface area contributed by atoms with Crippen LogP contribution in [-0.4, -0.2) is 37.0 Å². The highest BCUT2D eigenvalue weighted by atomic mass is 35.5. The fourth-order valence-electron chi connectivity index (χ4n) is 3.06. The van der Waals surface area contributed by atoms with Crippen molar-refractivity contribution in [3.05, 3.63) is 64.2 Å². The van der Waals surface area contributed by atoms with Gasteiger partial charge in [0, 0.05) is 29.6 Å². The van der Waals surface area contributed by atoms with Gasteiger partial charge in [-0.05, 0) is 37.1 Å². The maximum absolute atomic E-state index is 13.8. The third-order valence-corrected chi connectivity index (χ3v) is 7.54. The van der Waals surface area contributed by atoms with E-state index in [4.69, 9.17) is 11.6 Å². The quantitative estimate of drug-likeness (QED) is 0.283. The van der Waals surface area contributed by atoms with Gasteiger partial charge >= 0.3 is 0 Å². The molecule has 0 aliphatic carbocycles. The monoisotopic (exact) mass is 494 g/mol. The Balaban J connectivity index is 1.78. The zero-order valence-corrected chi connectivity index (χ0v) is 20.1. The van der Waals surface area contributed by atoms with E-state index >= 15 is 0 Å². The molecule has 32 heavy (non-hydrogen) atoms. The molecule has 170 valence electrons. The van der Waals surface area contributed by atoms with Crippen LogP contribution in [0.25, 0.3) is 11.3 Å². The summed E-state index contributed by atoms with van der Waals surface area (Å²) >= 11 is 7.29. The SMILES string of the molecule is CCCN(CCC)S(=O)(=O)c1cccc(-c2csc(NN=Cc3c(F)cccc3Cl)n2)c1. The first-order valence-electron chi connectivity index (χ1n) is 10.2. The van der Waals surface area contributed by atoms with Crippen molar-refractivity contribution < 1.29 is 12.8 Å². The van der Waals surface area contributed by atoms with E-state index in [1.807, 2.05) is 19.9 Å². The van der Waals surface area contributed by atoms with Gasteiger partial charge < -0.3 is 0 Å². The predicted octanol–water partition coefficient (Wildman–Crippen LogP) is 5.86. The van der Waals surface area contributed by atoms with Gasteiger partial charge in [-0.1, -0.05) is 43.6 Å². The molecule has 0 amide bonds. The van der Waals surface area contributed by atoms with E-state index in [1.165, 1.54) is 34.0 Å². The maximum Gasteiger partial charge on any atom is 0.243 e. The lowest BCUT2D eigenvalue weighted by Gasteiger charge is -2.21. The zero-order valence-electron chi connectivity index (χ0n) is 17.8. The standard InChI is InChI=1S/C22H24ClFN4O2S2/c1-3-11-28(12-4-2)32(29,30)17-8-5-7-16(13-17)21-15-31-22(26-21)27-25-14-18-19(23)9-6-10-20(18)24/h5-10,13-15H,3-4,11-12H2,1-2H3,(H,26,27). The van der Waals surface area contributed by atoms with Crippen LogP contribution < -0.4 is 5.43 Å². The Morgan fingerprint density at radius 2 is 1.91 bits per heavy atom. The van der Waals surface area contributed by atoms with Crippen molar-refractivity contribution in [1.82, 2.24) is 9.29 Å². The molecule has 0 aliphatic heterocycles. The van der Waals surface area contributed by atoms with E-state index in [0.29, 0.717) is 29.5 Å². The van der Waals surface area contributed by atoms with Gasteiger partial charge in [0.1, 0.15) is 5.82 Å². The zero-order chi connectivity index (χ0) is 23.1. The minimum Gasteiger partial charge on any atom is -0.253 e. The summed E-state index contributed by atoms with van der Waals surface area (Å²) in [4.78, 5) is 4.70. The van der Waals surface area contributed by atoms with Crippen molar-refractivity contribution >= 4 is 44.3 Å². The molecule has 1 heterocycles. The number of aromatic nitrogens is 1.